The van der Waals surface area contributed by atoms with Gasteiger partial charge in [-0.2, -0.15) is 0 Å². The Morgan fingerprint density at radius 3 is 2.54 bits per heavy atom. The molecule has 1 heterocycles. The molecule has 2 aromatic carbocycles. The van der Waals surface area contributed by atoms with Crippen LogP contribution in [0.25, 0.3) is 10.9 Å². The van der Waals surface area contributed by atoms with Crippen LogP contribution in [0.1, 0.15) is 17.4 Å². The molecule has 0 spiro atoms. The molecule has 3 aromatic rings. The number of esters is 1. The SMILES string of the molecule is C[C@H](OC(=O)c1cc2ccccc2[nH]1)C(=O)Nc1ccc(F)cc1. The number of para-hydroxylation sites is 1. The summed E-state index contributed by atoms with van der Waals surface area (Å²) in [5.74, 6) is -1.51. The fraction of sp³-hybridized carbons (Fsp3) is 0.111. The molecular weight excluding hydrogens is 311 g/mol. The number of halogens is 1. The number of aromatic amines is 1. The van der Waals surface area contributed by atoms with Gasteiger partial charge in [0.05, 0.1) is 0 Å². The summed E-state index contributed by atoms with van der Waals surface area (Å²) in [5.41, 5.74) is 1.51. The molecule has 3 rings (SSSR count). The summed E-state index contributed by atoms with van der Waals surface area (Å²) in [6.45, 7) is 1.47. The van der Waals surface area contributed by atoms with Gasteiger partial charge in [0.2, 0.25) is 0 Å². The van der Waals surface area contributed by atoms with E-state index in [1.165, 1.54) is 31.2 Å². The van der Waals surface area contributed by atoms with E-state index in [9.17, 15) is 14.0 Å². The van der Waals surface area contributed by atoms with Gasteiger partial charge in [-0.1, -0.05) is 18.2 Å². The monoisotopic (exact) mass is 326 g/mol. The van der Waals surface area contributed by atoms with Crippen molar-refractivity contribution in [3.63, 3.8) is 0 Å². The van der Waals surface area contributed by atoms with E-state index in [1.807, 2.05) is 24.3 Å². The third kappa shape index (κ3) is 3.43. The van der Waals surface area contributed by atoms with Crippen molar-refractivity contribution in [3.8, 4) is 0 Å². The second kappa shape index (κ2) is 6.54. The summed E-state index contributed by atoms with van der Waals surface area (Å²) in [6, 6.07) is 14.4. The summed E-state index contributed by atoms with van der Waals surface area (Å²) in [6.07, 6.45) is -0.992. The number of amides is 1. The van der Waals surface area contributed by atoms with Crippen molar-refractivity contribution in [2.24, 2.45) is 0 Å². The fourth-order valence-corrected chi connectivity index (χ4v) is 2.24. The van der Waals surface area contributed by atoms with Gasteiger partial charge in [-0.3, -0.25) is 4.79 Å². The molecule has 2 N–H and O–H groups in total. The van der Waals surface area contributed by atoms with Gasteiger partial charge >= 0.3 is 5.97 Å². The summed E-state index contributed by atoms with van der Waals surface area (Å²) in [7, 11) is 0. The first-order valence-corrected chi connectivity index (χ1v) is 7.38. The molecule has 0 bridgehead atoms. The highest BCUT2D eigenvalue weighted by molar-refractivity contribution is 5.98. The lowest BCUT2D eigenvalue weighted by Crippen LogP contribution is -2.30. The molecule has 5 nitrogen and oxygen atoms in total. The van der Waals surface area contributed by atoms with Crippen LogP contribution in [-0.4, -0.2) is 23.0 Å². The molecule has 0 saturated heterocycles. The Balaban J connectivity index is 1.64. The van der Waals surface area contributed by atoms with Crippen LogP contribution in [0.15, 0.2) is 54.6 Å². The van der Waals surface area contributed by atoms with Crippen LogP contribution in [0, 0.1) is 5.82 Å². The zero-order valence-electron chi connectivity index (χ0n) is 12.9. The summed E-state index contributed by atoms with van der Waals surface area (Å²) in [5, 5.41) is 3.44. The largest absolute Gasteiger partial charge is 0.448 e. The Bertz CT molecular complexity index is 854. The van der Waals surface area contributed by atoms with E-state index in [-0.39, 0.29) is 5.69 Å². The van der Waals surface area contributed by atoms with Gasteiger partial charge < -0.3 is 15.0 Å². The topological polar surface area (TPSA) is 71.2 Å². The van der Waals surface area contributed by atoms with E-state index in [4.69, 9.17) is 4.74 Å². The predicted molar refractivity (Wildman–Crippen MR) is 88.2 cm³/mol. The first kappa shape index (κ1) is 15.7. The van der Waals surface area contributed by atoms with Gasteiger partial charge in [-0.05, 0) is 43.3 Å². The Hall–Kier alpha value is -3.15. The first-order valence-electron chi connectivity index (χ1n) is 7.38. The van der Waals surface area contributed by atoms with E-state index < -0.39 is 23.8 Å². The van der Waals surface area contributed by atoms with Gasteiger partial charge in [-0.15, -0.1) is 0 Å². The van der Waals surface area contributed by atoms with E-state index >= 15 is 0 Å². The van der Waals surface area contributed by atoms with Crippen LogP contribution in [0.2, 0.25) is 0 Å². The molecule has 0 aliphatic heterocycles. The molecule has 6 heteroatoms. The lowest BCUT2D eigenvalue weighted by molar-refractivity contribution is -0.123. The maximum atomic E-state index is 12.8. The molecule has 1 atom stereocenters. The van der Waals surface area contributed by atoms with Crippen molar-refractivity contribution in [3.05, 3.63) is 66.1 Å². The molecule has 24 heavy (non-hydrogen) atoms. The highest BCUT2D eigenvalue weighted by Gasteiger charge is 2.20. The molecular formula is C18H15FN2O3. The number of fused-ring (bicyclic) bond motifs is 1. The molecule has 122 valence electrons. The molecule has 1 amide bonds. The van der Waals surface area contributed by atoms with Crippen molar-refractivity contribution in [2.45, 2.75) is 13.0 Å². The first-order chi connectivity index (χ1) is 11.5. The van der Waals surface area contributed by atoms with Gasteiger partial charge in [0, 0.05) is 16.6 Å². The average molecular weight is 326 g/mol. The Morgan fingerprint density at radius 1 is 1.12 bits per heavy atom. The molecule has 0 fully saturated rings. The van der Waals surface area contributed by atoms with Crippen LogP contribution in [0.4, 0.5) is 10.1 Å². The molecule has 0 saturated carbocycles. The second-order valence-electron chi connectivity index (χ2n) is 5.31. The number of hydrogen-bond donors (Lipinski definition) is 2. The minimum Gasteiger partial charge on any atom is -0.448 e. The van der Waals surface area contributed by atoms with Gasteiger partial charge in [0.1, 0.15) is 11.5 Å². The molecule has 0 radical (unpaired) electrons. The minimum atomic E-state index is -0.992. The van der Waals surface area contributed by atoms with Gasteiger partial charge in [0.15, 0.2) is 6.10 Å². The minimum absolute atomic E-state index is 0.276. The van der Waals surface area contributed by atoms with E-state index in [0.29, 0.717) is 5.69 Å². The summed E-state index contributed by atoms with van der Waals surface area (Å²) in [4.78, 5) is 27.1. The van der Waals surface area contributed by atoms with Crippen LogP contribution in [-0.2, 0) is 9.53 Å². The Kier molecular flexibility index (Phi) is 4.29. The van der Waals surface area contributed by atoms with Crippen LogP contribution >= 0.6 is 0 Å². The highest BCUT2D eigenvalue weighted by Crippen LogP contribution is 2.16. The zero-order valence-corrected chi connectivity index (χ0v) is 12.9. The number of benzene rings is 2. The number of carbonyl (C=O) groups excluding carboxylic acids is 2. The maximum Gasteiger partial charge on any atom is 0.355 e. The van der Waals surface area contributed by atoms with E-state index in [1.54, 1.807) is 6.07 Å². The van der Waals surface area contributed by atoms with E-state index in [2.05, 4.69) is 10.3 Å². The van der Waals surface area contributed by atoms with Crippen molar-refractivity contribution in [1.82, 2.24) is 4.98 Å². The number of anilines is 1. The normalized spacial score (nSPS) is 11.9. The van der Waals surface area contributed by atoms with Gasteiger partial charge in [0.25, 0.3) is 5.91 Å². The van der Waals surface area contributed by atoms with Crippen LogP contribution in [0.3, 0.4) is 0 Å². The van der Waals surface area contributed by atoms with Crippen molar-refractivity contribution >= 4 is 28.5 Å². The predicted octanol–water partition coefficient (Wildman–Crippen LogP) is 3.49. The number of hydrogen-bond acceptors (Lipinski definition) is 3. The maximum absolute atomic E-state index is 12.8. The third-order valence-electron chi connectivity index (χ3n) is 3.51. The summed E-state index contributed by atoms with van der Waals surface area (Å²) >= 11 is 0. The van der Waals surface area contributed by atoms with Crippen LogP contribution < -0.4 is 5.32 Å². The number of aromatic nitrogens is 1. The fourth-order valence-electron chi connectivity index (χ4n) is 2.24. The standard InChI is InChI=1S/C18H15FN2O3/c1-11(17(22)20-14-8-6-13(19)7-9-14)24-18(23)16-10-12-4-2-3-5-15(12)21-16/h2-11,21H,1H3,(H,20,22)/t11-/m0/s1. The molecule has 0 aliphatic rings. The number of ether oxygens (including phenoxy) is 1. The zero-order chi connectivity index (χ0) is 17.1. The lowest BCUT2D eigenvalue weighted by atomic mass is 10.2. The van der Waals surface area contributed by atoms with Crippen molar-refractivity contribution in [1.29, 1.82) is 0 Å². The third-order valence-corrected chi connectivity index (χ3v) is 3.51. The van der Waals surface area contributed by atoms with Crippen molar-refractivity contribution in [2.75, 3.05) is 5.32 Å². The quantitative estimate of drug-likeness (QED) is 0.721. The smallest absolute Gasteiger partial charge is 0.355 e. The highest BCUT2D eigenvalue weighted by atomic mass is 19.1. The summed E-state index contributed by atoms with van der Waals surface area (Å²) < 4.78 is 18.0. The number of H-pyrrole nitrogens is 1. The van der Waals surface area contributed by atoms with Crippen molar-refractivity contribution < 1.29 is 18.7 Å². The average Bonchev–Trinajstić information content (AvgIpc) is 3.01. The molecule has 1 aromatic heterocycles. The number of carbonyl (C=O) groups is 2. The number of rotatable bonds is 4. The Labute approximate surface area is 137 Å². The Morgan fingerprint density at radius 2 is 1.83 bits per heavy atom. The second-order valence-corrected chi connectivity index (χ2v) is 5.31. The molecule has 0 unspecified atom stereocenters. The number of nitrogens with one attached hydrogen (secondary N) is 2. The molecule has 0 aliphatic carbocycles. The lowest BCUT2D eigenvalue weighted by Gasteiger charge is -2.13. The van der Waals surface area contributed by atoms with Gasteiger partial charge in [-0.25, -0.2) is 9.18 Å². The van der Waals surface area contributed by atoms with Crippen LogP contribution in [0.5, 0.6) is 0 Å². The van der Waals surface area contributed by atoms with E-state index in [0.717, 1.165) is 10.9 Å².